The van der Waals surface area contributed by atoms with E-state index in [0.29, 0.717) is 36.6 Å². The van der Waals surface area contributed by atoms with Gasteiger partial charge in [-0.3, -0.25) is 34.7 Å². The fourth-order valence-corrected chi connectivity index (χ4v) is 7.44. The highest BCUT2D eigenvalue weighted by Gasteiger charge is 2.58. The first kappa shape index (κ1) is 34.4. The summed E-state index contributed by atoms with van der Waals surface area (Å²) in [5.41, 5.74) is 0.0305. The maximum absolute atomic E-state index is 14.4. The molecule has 48 heavy (non-hydrogen) atoms. The molecule has 0 radical (unpaired) electrons. The second kappa shape index (κ2) is 14.5. The number of rotatable bonds is 9. The smallest absolute Gasteiger partial charge is 0.435 e. The molecule has 2 unspecified atom stereocenters. The van der Waals surface area contributed by atoms with Gasteiger partial charge >= 0.3 is 12.2 Å². The molecule has 1 N–H and O–H groups in total. The lowest BCUT2D eigenvalue weighted by atomic mass is 9.74. The van der Waals surface area contributed by atoms with Crippen LogP contribution in [-0.4, -0.2) is 92.6 Å². The lowest BCUT2D eigenvalue weighted by molar-refractivity contribution is -0.385. The first-order chi connectivity index (χ1) is 22.9. The van der Waals surface area contributed by atoms with Gasteiger partial charge in [0, 0.05) is 75.1 Å². The third-order valence-corrected chi connectivity index (χ3v) is 9.89. The number of nitro benzene ring substituents is 2. The lowest BCUT2D eigenvalue weighted by Gasteiger charge is -2.33. The maximum Gasteiger partial charge on any atom is 0.435 e. The standard InChI is InChI=1S/C31H34N6O10S/c1-19(33-29(40)46-15-21-3-7-24(8-4-21)36(42)43)34-13-23-12-32-17-31(23,18-34)28(39)27-11-26(48-20(2)38)14-35(27)30(41)47-16-22-5-9-25(10-6-22)37(44)45/h3-10,23,26-27,32H,11-18H2,1-2H3/t23?,26-,27-,31?/m0/s1. The maximum atomic E-state index is 14.4. The number of non-ortho nitro benzene ring substituents is 2. The Hall–Kier alpha value is -4.90. The number of ketones is 1. The lowest BCUT2D eigenvalue weighted by Crippen LogP contribution is -2.51. The molecule has 3 heterocycles. The van der Waals surface area contributed by atoms with Crippen LogP contribution in [0, 0.1) is 31.6 Å². The van der Waals surface area contributed by atoms with Crippen molar-refractivity contribution in [3.63, 3.8) is 0 Å². The summed E-state index contributed by atoms with van der Waals surface area (Å²) < 4.78 is 10.8. The van der Waals surface area contributed by atoms with Gasteiger partial charge in [-0.25, -0.2) is 9.59 Å². The summed E-state index contributed by atoms with van der Waals surface area (Å²) in [4.78, 5) is 80.4. The first-order valence-corrected chi connectivity index (χ1v) is 16.0. The number of benzene rings is 2. The number of nitrogens with one attached hydrogen (secondary N) is 1. The number of nitrogens with zero attached hydrogens (tertiary/aromatic N) is 5. The van der Waals surface area contributed by atoms with Gasteiger partial charge in [0.2, 0.25) is 0 Å². The minimum atomic E-state index is -0.892. The molecule has 3 aliphatic heterocycles. The highest BCUT2D eigenvalue weighted by atomic mass is 32.2. The van der Waals surface area contributed by atoms with Crippen LogP contribution in [-0.2, 0) is 32.3 Å². The average Bonchev–Trinajstić information content (AvgIpc) is 3.76. The number of nitro groups is 2. The number of carbonyl (C=O) groups is 4. The quantitative estimate of drug-likeness (QED) is 0.174. The van der Waals surface area contributed by atoms with Crippen LogP contribution in [0.15, 0.2) is 53.5 Å². The summed E-state index contributed by atoms with van der Waals surface area (Å²) in [5, 5.41) is 24.7. The van der Waals surface area contributed by atoms with E-state index < -0.39 is 33.5 Å². The van der Waals surface area contributed by atoms with Crippen LogP contribution in [0.1, 0.15) is 31.4 Å². The number of amidine groups is 1. The number of hydrogen-bond donors (Lipinski definition) is 1. The molecule has 16 nitrogen and oxygen atoms in total. The van der Waals surface area contributed by atoms with E-state index in [1.807, 2.05) is 4.90 Å². The van der Waals surface area contributed by atoms with E-state index in [2.05, 4.69) is 10.3 Å². The monoisotopic (exact) mass is 682 g/mol. The van der Waals surface area contributed by atoms with Crippen molar-refractivity contribution in [1.29, 1.82) is 0 Å². The van der Waals surface area contributed by atoms with Crippen molar-refractivity contribution in [3.8, 4) is 0 Å². The van der Waals surface area contributed by atoms with Crippen molar-refractivity contribution in [1.82, 2.24) is 15.1 Å². The topological polar surface area (TPSA) is 204 Å². The van der Waals surface area contributed by atoms with Crippen LogP contribution in [0.3, 0.4) is 0 Å². The molecule has 0 spiro atoms. The van der Waals surface area contributed by atoms with Crippen LogP contribution >= 0.6 is 11.8 Å². The van der Waals surface area contributed by atoms with Gasteiger partial charge in [-0.2, -0.15) is 4.99 Å². The van der Waals surface area contributed by atoms with Crippen molar-refractivity contribution >= 4 is 52.1 Å². The molecule has 17 heteroatoms. The predicted molar refractivity (Wildman–Crippen MR) is 172 cm³/mol. The van der Waals surface area contributed by atoms with E-state index in [4.69, 9.17) is 9.47 Å². The zero-order chi connectivity index (χ0) is 34.6. The zero-order valence-corrected chi connectivity index (χ0v) is 27.1. The molecule has 0 aromatic heterocycles. The number of fused-ring (bicyclic) bond motifs is 1. The largest absolute Gasteiger partial charge is 0.445 e. The molecule has 4 atom stereocenters. The van der Waals surface area contributed by atoms with Crippen molar-refractivity contribution in [2.24, 2.45) is 16.3 Å². The third kappa shape index (κ3) is 7.62. The van der Waals surface area contributed by atoms with E-state index in [1.54, 1.807) is 6.92 Å². The number of amides is 2. The van der Waals surface area contributed by atoms with Gasteiger partial charge in [0.1, 0.15) is 19.0 Å². The second-order valence-corrected chi connectivity index (χ2v) is 13.5. The van der Waals surface area contributed by atoms with Crippen molar-refractivity contribution < 1.29 is 38.5 Å². The van der Waals surface area contributed by atoms with Gasteiger partial charge < -0.3 is 19.7 Å². The Morgan fingerprint density at radius 3 is 2.08 bits per heavy atom. The number of ether oxygens (including phenoxy) is 2. The van der Waals surface area contributed by atoms with Crippen LogP contribution in [0.5, 0.6) is 0 Å². The highest BCUT2D eigenvalue weighted by Crippen LogP contribution is 2.44. The molecule has 3 aliphatic rings. The van der Waals surface area contributed by atoms with Gasteiger partial charge in [-0.05, 0) is 48.7 Å². The predicted octanol–water partition coefficient (Wildman–Crippen LogP) is 3.71. The third-order valence-electron chi connectivity index (χ3n) is 8.88. The van der Waals surface area contributed by atoms with Crippen LogP contribution < -0.4 is 5.32 Å². The molecule has 254 valence electrons. The van der Waals surface area contributed by atoms with Gasteiger partial charge in [0.15, 0.2) is 10.9 Å². The Morgan fingerprint density at radius 2 is 1.52 bits per heavy atom. The molecule has 0 aliphatic carbocycles. The highest BCUT2D eigenvalue weighted by molar-refractivity contribution is 8.14. The average molecular weight is 683 g/mol. The summed E-state index contributed by atoms with van der Waals surface area (Å²) in [6.07, 6.45) is -1.30. The van der Waals surface area contributed by atoms with Gasteiger partial charge in [-0.15, -0.1) is 0 Å². The van der Waals surface area contributed by atoms with E-state index in [1.165, 1.54) is 60.4 Å². The Labute approximate surface area is 279 Å². The van der Waals surface area contributed by atoms with E-state index in [-0.39, 0.29) is 66.2 Å². The number of carbonyl (C=O) groups excluding carboxylic acids is 4. The van der Waals surface area contributed by atoms with Gasteiger partial charge in [0.25, 0.3) is 11.4 Å². The number of thioether (sulfide) groups is 1. The minimum Gasteiger partial charge on any atom is -0.445 e. The number of aliphatic imine (C=N–C) groups is 1. The Morgan fingerprint density at radius 1 is 0.938 bits per heavy atom. The molecule has 3 fully saturated rings. The Kier molecular flexibility index (Phi) is 10.4. The summed E-state index contributed by atoms with van der Waals surface area (Å²) >= 11 is 1.07. The molecule has 2 aromatic rings. The molecule has 3 saturated heterocycles. The van der Waals surface area contributed by atoms with Gasteiger partial charge in [-0.1, -0.05) is 11.8 Å². The second-order valence-electron chi connectivity index (χ2n) is 12.0. The molecule has 0 saturated carbocycles. The molecular weight excluding hydrogens is 648 g/mol. The normalized spacial score (nSPS) is 23.5. The molecule has 0 bridgehead atoms. The van der Waals surface area contributed by atoms with Crippen molar-refractivity contribution in [2.75, 3.05) is 32.7 Å². The summed E-state index contributed by atoms with van der Waals surface area (Å²) in [6.45, 7) is 4.53. The van der Waals surface area contributed by atoms with Crippen LogP contribution in [0.4, 0.5) is 21.0 Å². The number of likely N-dealkylation sites (tertiary alicyclic amines) is 2. The summed E-state index contributed by atoms with van der Waals surface area (Å²) in [6, 6.07) is 10.4. The molecule has 5 rings (SSSR count). The SMILES string of the molecule is CC(=O)S[C@H]1C[C@@H](C(=O)C23CNCC2CN(C(C)=NC(=O)OCc2ccc([N+](=O)[O-])cc2)C3)N(C(=O)OCc2ccc([N+](=O)[O-])cc2)C1. The van der Waals surface area contributed by atoms with Gasteiger partial charge in [0.05, 0.1) is 21.3 Å². The number of hydrogen-bond acceptors (Lipinski definition) is 12. The van der Waals surface area contributed by atoms with Crippen molar-refractivity contribution in [3.05, 3.63) is 79.9 Å². The summed E-state index contributed by atoms with van der Waals surface area (Å²) in [5.74, 6) is 0.0670. The summed E-state index contributed by atoms with van der Waals surface area (Å²) in [7, 11) is 0. The Bertz CT molecular complexity index is 1640. The van der Waals surface area contributed by atoms with Crippen LogP contribution in [0.25, 0.3) is 0 Å². The van der Waals surface area contributed by atoms with E-state index in [9.17, 15) is 39.4 Å². The number of Topliss-reactive ketones (excluding diaryl/α,β-unsaturated/α-hetero) is 1. The minimum absolute atomic E-state index is 0.0792. The zero-order valence-electron chi connectivity index (χ0n) is 26.2. The molecule has 2 amide bonds. The van der Waals surface area contributed by atoms with Crippen molar-refractivity contribution in [2.45, 2.75) is 44.8 Å². The van der Waals surface area contributed by atoms with E-state index in [0.717, 1.165) is 11.8 Å². The molecular formula is C31H34N6O10S. The molecule has 2 aromatic carbocycles. The fraction of sp³-hybridized carbons (Fsp3) is 0.452. The van der Waals surface area contributed by atoms with Crippen LogP contribution in [0.2, 0.25) is 0 Å². The first-order valence-electron chi connectivity index (χ1n) is 15.2. The fourth-order valence-electron chi connectivity index (χ4n) is 6.45. The van der Waals surface area contributed by atoms with E-state index >= 15 is 0 Å². The Balaban J connectivity index is 1.26.